The Morgan fingerprint density at radius 3 is 2.49 bits per heavy atom. The number of aromatic nitrogens is 2. The van der Waals surface area contributed by atoms with Crippen molar-refractivity contribution in [2.45, 2.75) is 70.5 Å². The summed E-state index contributed by atoms with van der Waals surface area (Å²) >= 11 is 0. The van der Waals surface area contributed by atoms with Crippen LogP contribution in [0, 0.1) is 5.82 Å². The number of carboxylic acid groups (broad SMARTS) is 1. The molecule has 0 saturated heterocycles. The van der Waals surface area contributed by atoms with E-state index in [1.807, 2.05) is 19.9 Å². The third-order valence-corrected chi connectivity index (χ3v) is 7.38. The maximum absolute atomic E-state index is 14.0. The summed E-state index contributed by atoms with van der Waals surface area (Å²) in [5.74, 6) is -1.87. The van der Waals surface area contributed by atoms with Crippen LogP contribution in [0.2, 0.25) is 0 Å². The van der Waals surface area contributed by atoms with E-state index in [1.54, 1.807) is 24.3 Å². The lowest BCUT2D eigenvalue weighted by molar-refractivity contribution is -0.139. The van der Waals surface area contributed by atoms with E-state index in [4.69, 9.17) is 20.2 Å². The summed E-state index contributed by atoms with van der Waals surface area (Å²) in [7, 11) is 0. The molecular formula is C33H38FN3O6. The molecule has 0 saturated carbocycles. The highest BCUT2D eigenvalue weighted by Gasteiger charge is 2.26. The van der Waals surface area contributed by atoms with Gasteiger partial charge in [0.05, 0.1) is 35.7 Å². The number of hydrogen-bond acceptors (Lipinski definition) is 7. The molecule has 0 radical (unpaired) electrons. The number of aliphatic carboxylic acids is 1. The van der Waals surface area contributed by atoms with E-state index in [2.05, 4.69) is 5.32 Å². The van der Waals surface area contributed by atoms with Crippen molar-refractivity contribution in [3.05, 3.63) is 76.5 Å². The molecule has 10 heteroatoms. The summed E-state index contributed by atoms with van der Waals surface area (Å²) in [4.78, 5) is 33.4. The van der Waals surface area contributed by atoms with Gasteiger partial charge in [-0.2, -0.15) is 0 Å². The number of carbonyl (C=O) groups excluding carboxylic acids is 1. The second-order valence-corrected chi connectivity index (χ2v) is 11.1. The van der Waals surface area contributed by atoms with Crippen LogP contribution in [0.25, 0.3) is 28.5 Å². The Morgan fingerprint density at radius 2 is 1.81 bits per heavy atom. The topological polar surface area (TPSA) is 153 Å². The lowest BCUT2D eigenvalue weighted by Crippen LogP contribution is -2.26. The van der Waals surface area contributed by atoms with Crippen LogP contribution < -0.4 is 5.32 Å². The lowest BCUT2D eigenvalue weighted by atomic mass is 9.86. The Kier molecular flexibility index (Phi) is 10.7. The first-order chi connectivity index (χ1) is 20.6. The van der Waals surface area contributed by atoms with Gasteiger partial charge in [0.2, 0.25) is 0 Å². The van der Waals surface area contributed by atoms with E-state index in [1.165, 1.54) is 18.2 Å². The molecule has 3 aromatic rings. The summed E-state index contributed by atoms with van der Waals surface area (Å²) in [5, 5.41) is 41.4. The summed E-state index contributed by atoms with van der Waals surface area (Å²) in [6.07, 6.45) is 2.82. The Hall–Kier alpha value is -3.99. The number of carbonyl (C=O) groups is 2. The first-order valence-corrected chi connectivity index (χ1v) is 14.6. The Labute approximate surface area is 250 Å². The van der Waals surface area contributed by atoms with E-state index in [-0.39, 0.29) is 30.7 Å². The zero-order valence-corrected chi connectivity index (χ0v) is 24.4. The van der Waals surface area contributed by atoms with Crippen molar-refractivity contribution >= 4 is 18.0 Å². The predicted molar refractivity (Wildman–Crippen MR) is 161 cm³/mol. The predicted octanol–water partition coefficient (Wildman–Crippen LogP) is 4.27. The molecule has 4 rings (SSSR count). The summed E-state index contributed by atoms with van der Waals surface area (Å²) in [5.41, 5.74) is 6.67. The highest BCUT2D eigenvalue weighted by atomic mass is 19.1. The molecule has 0 fully saturated rings. The molecule has 43 heavy (non-hydrogen) atoms. The van der Waals surface area contributed by atoms with Crippen molar-refractivity contribution in [2.75, 3.05) is 13.2 Å². The highest BCUT2D eigenvalue weighted by Crippen LogP contribution is 2.41. The Bertz CT molecular complexity index is 1490. The number of benzene rings is 1. The second kappa shape index (κ2) is 14.5. The number of hydrogen-bond donors (Lipinski definition) is 5. The van der Waals surface area contributed by atoms with E-state index >= 15 is 0 Å². The average Bonchev–Trinajstić information content (AvgIpc) is 3.14. The van der Waals surface area contributed by atoms with Gasteiger partial charge in [0.1, 0.15) is 11.5 Å². The number of nitrogens with one attached hydrogen (secondary N) is 1. The number of halogens is 1. The quantitative estimate of drug-likeness (QED) is 0.196. The zero-order chi connectivity index (χ0) is 31.1. The van der Waals surface area contributed by atoms with Gasteiger partial charge in [0, 0.05) is 30.7 Å². The minimum absolute atomic E-state index is 0.0161. The molecule has 9 nitrogen and oxygen atoms in total. The van der Waals surface area contributed by atoms with Gasteiger partial charge in [-0.3, -0.25) is 14.6 Å². The molecule has 0 aliphatic heterocycles. The fourth-order valence-corrected chi connectivity index (χ4v) is 5.37. The Balaban J connectivity index is 1.85. The number of amides is 1. The molecule has 228 valence electrons. The number of aryl methyl sites for hydroxylation is 1. The summed E-state index contributed by atoms with van der Waals surface area (Å²) < 4.78 is 14.0. The molecule has 0 spiro atoms. The number of aliphatic hydroxyl groups excluding tert-OH is 3. The molecular weight excluding hydrogens is 553 g/mol. The van der Waals surface area contributed by atoms with Crippen molar-refractivity contribution in [1.82, 2.24) is 15.3 Å². The van der Waals surface area contributed by atoms with Crippen LogP contribution in [-0.2, 0) is 17.6 Å². The molecule has 1 aliphatic carbocycles. The molecule has 2 atom stereocenters. The SMILES string of the molecule is CC(C)c1nc2c(c(-c3ccc(F)cc3)c1/C=C/[C@@H](O)C[C@@H](O)CC(=O)O)CCCc1nc(C(=O)NCCCO)ccc1-2. The van der Waals surface area contributed by atoms with Crippen LogP contribution in [0.15, 0.2) is 42.5 Å². The van der Waals surface area contributed by atoms with Crippen molar-refractivity contribution in [3.63, 3.8) is 0 Å². The lowest BCUT2D eigenvalue weighted by Gasteiger charge is -2.22. The molecule has 2 aromatic heterocycles. The largest absolute Gasteiger partial charge is 0.481 e. The normalized spacial score (nSPS) is 14.2. The van der Waals surface area contributed by atoms with Crippen LogP contribution in [-0.4, -0.2) is 67.6 Å². The van der Waals surface area contributed by atoms with E-state index < -0.39 is 24.6 Å². The number of aliphatic hydroxyl groups is 3. The minimum atomic E-state index is -1.20. The van der Waals surface area contributed by atoms with E-state index in [0.29, 0.717) is 31.5 Å². The number of nitrogens with zero attached hydrogens (tertiary/aromatic N) is 2. The maximum Gasteiger partial charge on any atom is 0.305 e. The zero-order valence-electron chi connectivity index (χ0n) is 24.4. The Morgan fingerprint density at radius 1 is 1.07 bits per heavy atom. The van der Waals surface area contributed by atoms with E-state index in [9.17, 15) is 24.2 Å². The third kappa shape index (κ3) is 7.90. The molecule has 5 N–H and O–H groups in total. The van der Waals surface area contributed by atoms with Gasteiger partial charge in [-0.25, -0.2) is 9.37 Å². The number of pyridine rings is 2. The van der Waals surface area contributed by atoms with Gasteiger partial charge >= 0.3 is 5.97 Å². The van der Waals surface area contributed by atoms with Crippen molar-refractivity contribution in [3.8, 4) is 22.4 Å². The minimum Gasteiger partial charge on any atom is -0.481 e. The van der Waals surface area contributed by atoms with Gasteiger partial charge in [-0.1, -0.05) is 38.1 Å². The first-order valence-electron chi connectivity index (χ1n) is 14.6. The third-order valence-electron chi connectivity index (χ3n) is 7.38. The van der Waals surface area contributed by atoms with Gasteiger partial charge in [-0.15, -0.1) is 0 Å². The number of fused-ring (bicyclic) bond motifs is 3. The van der Waals surface area contributed by atoms with Crippen molar-refractivity contribution < 1.29 is 34.4 Å². The van der Waals surface area contributed by atoms with Crippen LogP contribution >= 0.6 is 0 Å². The van der Waals surface area contributed by atoms with Gasteiger partial charge in [-0.05, 0) is 72.6 Å². The van der Waals surface area contributed by atoms with Crippen LogP contribution in [0.5, 0.6) is 0 Å². The number of carboxylic acids is 1. The van der Waals surface area contributed by atoms with Crippen LogP contribution in [0.4, 0.5) is 4.39 Å². The maximum atomic E-state index is 14.0. The van der Waals surface area contributed by atoms with Crippen LogP contribution in [0.3, 0.4) is 0 Å². The highest BCUT2D eigenvalue weighted by molar-refractivity contribution is 5.93. The monoisotopic (exact) mass is 591 g/mol. The summed E-state index contributed by atoms with van der Waals surface area (Å²) in [6.45, 7) is 4.34. The summed E-state index contributed by atoms with van der Waals surface area (Å²) in [6, 6.07) is 9.75. The molecule has 0 unspecified atom stereocenters. The average molecular weight is 592 g/mol. The van der Waals surface area contributed by atoms with Crippen molar-refractivity contribution in [1.29, 1.82) is 0 Å². The molecule has 1 aliphatic rings. The van der Waals surface area contributed by atoms with Crippen LogP contribution in [0.1, 0.15) is 78.5 Å². The van der Waals surface area contributed by atoms with Gasteiger partial charge in [0.25, 0.3) is 5.91 Å². The standard InChI is InChI=1S/C33H38FN3O6/c1-19(2)31-26(12-11-22(39)17-23(40)18-29(41)42)30(20-7-9-21(34)10-8-20)25-5-3-6-27-24(32(25)37-31)13-14-28(36-27)33(43)35-15-4-16-38/h7-14,19,22-23,38-40H,3-6,15-18H2,1-2H3,(H,35,43)(H,41,42)/b12-11+/t22-,23-/m1/s1. The molecule has 1 aromatic carbocycles. The fraction of sp³-hybridized carbons (Fsp3) is 0.394. The smallest absolute Gasteiger partial charge is 0.305 e. The fourth-order valence-electron chi connectivity index (χ4n) is 5.37. The first kappa shape index (κ1) is 31.9. The van der Waals surface area contributed by atoms with Gasteiger partial charge < -0.3 is 25.7 Å². The van der Waals surface area contributed by atoms with Crippen molar-refractivity contribution in [2.24, 2.45) is 0 Å². The molecule has 2 heterocycles. The second-order valence-electron chi connectivity index (χ2n) is 11.1. The van der Waals surface area contributed by atoms with E-state index in [0.717, 1.165) is 51.3 Å². The molecule has 1 amide bonds. The molecule has 0 bridgehead atoms. The van der Waals surface area contributed by atoms with Gasteiger partial charge in [0.15, 0.2) is 0 Å². The number of rotatable bonds is 12.